The van der Waals surface area contributed by atoms with Crippen LogP contribution < -0.4 is 5.73 Å². The second kappa shape index (κ2) is 6.88. The van der Waals surface area contributed by atoms with Crippen molar-refractivity contribution in [3.8, 4) is 0 Å². The lowest BCUT2D eigenvalue weighted by Gasteiger charge is -2.36. The van der Waals surface area contributed by atoms with E-state index in [0.717, 1.165) is 51.1 Å². The van der Waals surface area contributed by atoms with Crippen molar-refractivity contribution in [2.45, 2.75) is 32.2 Å². The molecule has 120 valence electrons. The van der Waals surface area contributed by atoms with Crippen LogP contribution in [0.5, 0.6) is 0 Å². The first-order chi connectivity index (χ1) is 10.6. The van der Waals surface area contributed by atoms with Gasteiger partial charge in [0.25, 0.3) is 0 Å². The SMILES string of the molecule is Nc1cccc(CN2CCN(C(=O)C3CCCC3)CC2)c1Cl. The molecule has 1 heterocycles. The lowest BCUT2D eigenvalue weighted by molar-refractivity contribution is -0.137. The molecule has 3 rings (SSSR count). The third-order valence-corrected chi connectivity index (χ3v) is 5.35. The van der Waals surface area contributed by atoms with Crippen molar-refractivity contribution in [1.82, 2.24) is 9.80 Å². The third kappa shape index (κ3) is 3.39. The van der Waals surface area contributed by atoms with E-state index >= 15 is 0 Å². The molecular weight excluding hydrogens is 298 g/mol. The molecule has 22 heavy (non-hydrogen) atoms. The molecule has 1 aliphatic carbocycles. The predicted octanol–water partition coefficient (Wildman–Crippen LogP) is 2.76. The molecule has 1 amide bonds. The summed E-state index contributed by atoms with van der Waals surface area (Å²) in [6.45, 7) is 4.27. The van der Waals surface area contributed by atoms with Gasteiger partial charge >= 0.3 is 0 Å². The zero-order valence-electron chi connectivity index (χ0n) is 12.9. The van der Waals surface area contributed by atoms with E-state index in [0.29, 0.717) is 16.6 Å². The topological polar surface area (TPSA) is 49.6 Å². The normalized spacial score (nSPS) is 20.5. The molecule has 2 N–H and O–H groups in total. The van der Waals surface area contributed by atoms with E-state index in [1.165, 1.54) is 12.8 Å². The number of carbonyl (C=O) groups excluding carboxylic acids is 1. The molecule has 1 aromatic carbocycles. The Labute approximate surface area is 137 Å². The lowest BCUT2D eigenvalue weighted by atomic mass is 10.1. The molecule has 1 aromatic rings. The van der Waals surface area contributed by atoms with Gasteiger partial charge in [-0.1, -0.05) is 36.6 Å². The van der Waals surface area contributed by atoms with Crippen LogP contribution in [0.3, 0.4) is 0 Å². The molecule has 0 aromatic heterocycles. The fraction of sp³-hybridized carbons (Fsp3) is 0.588. The minimum Gasteiger partial charge on any atom is -0.398 e. The first kappa shape index (κ1) is 15.6. The highest BCUT2D eigenvalue weighted by atomic mass is 35.5. The second-order valence-corrected chi connectivity index (χ2v) is 6.78. The number of nitrogens with zero attached hydrogens (tertiary/aromatic N) is 2. The molecule has 0 unspecified atom stereocenters. The fourth-order valence-electron chi connectivity index (χ4n) is 3.52. The number of piperazine rings is 1. The van der Waals surface area contributed by atoms with E-state index in [4.69, 9.17) is 17.3 Å². The molecule has 0 atom stereocenters. The largest absolute Gasteiger partial charge is 0.398 e. The van der Waals surface area contributed by atoms with Gasteiger partial charge in [0.05, 0.1) is 10.7 Å². The maximum absolute atomic E-state index is 12.4. The Morgan fingerprint density at radius 1 is 1.18 bits per heavy atom. The van der Waals surface area contributed by atoms with Crippen LogP contribution in [0.1, 0.15) is 31.2 Å². The molecule has 4 nitrogen and oxygen atoms in total. The predicted molar refractivity (Wildman–Crippen MR) is 89.7 cm³/mol. The number of hydrogen-bond donors (Lipinski definition) is 1. The quantitative estimate of drug-likeness (QED) is 0.871. The number of nitrogen functional groups attached to an aromatic ring is 1. The van der Waals surface area contributed by atoms with Crippen LogP contribution in [0.4, 0.5) is 5.69 Å². The second-order valence-electron chi connectivity index (χ2n) is 6.40. The van der Waals surface area contributed by atoms with Gasteiger partial charge in [0.2, 0.25) is 5.91 Å². The summed E-state index contributed by atoms with van der Waals surface area (Å²) >= 11 is 6.26. The van der Waals surface area contributed by atoms with Gasteiger partial charge in [-0.05, 0) is 24.5 Å². The Morgan fingerprint density at radius 2 is 1.86 bits per heavy atom. The minimum absolute atomic E-state index is 0.287. The van der Waals surface area contributed by atoms with Crippen molar-refractivity contribution in [3.05, 3.63) is 28.8 Å². The van der Waals surface area contributed by atoms with Gasteiger partial charge in [0.15, 0.2) is 0 Å². The van der Waals surface area contributed by atoms with Gasteiger partial charge in [-0.15, -0.1) is 0 Å². The number of carbonyl (C=O) groups is 1. The van der Waals surface area contributed by atoms with Crippen molar-refractivity contribution < 1.29 is 4.79 Å². The molecule has 1 saturated heterocycles. The van der Waals surface area contributed by atoms with Crippen LogP contribution in [0.25, 0.3) is 0 Å². The van der Waals surface area contributed by atoms with Crippen LogP contribution in [0, 0.1) is 5.92 Å². The summed E-state index contributed by atoms with van der Waals surface area (Å²) in [5.41, 5.74) is 7.55. The van der Waals surface area contributed by atoms with Crippen LogP contribution >= 0.6 is 11.6 Å². The van der Waals surface area contributed by atoms with Gasteiger partial charge in [0.1, 0.15) is 0 Å². The molecule has 2 fully saturated rings. The highest BCUT2D eigenvalue weighted by Gasteiger charge is 2.29. The van der Waals surface area contributed by atoms with Crippen molar-refractivity contribution in [3.63, 3.8) is 0 Å². The number of hydrogen-bond acceptors (Lipinski definition) is 3. The Bertz CT molecular complexity index is 535. The van der Waals surface area contributed by atoms with Crippen molar-refractivity contribution >= 4 is 23.2 Å². The molecule has 1 aliphatic heterocycles. The van der Waals surface area contributed by atoms with E-state index in [1.54, 1.807) is 0 Å². The summed E-state index contributed by atoms with van der Waals surface area (Å²) in [5, 5.41) is 0.659. The lowest BCUT2D eigenvalue weighted by Crippen LogP contribution is -2.49. The van der Waals surface area contributed by atoms with Gasteiger partial charge in [-0.2, -0.15) is 0 Å². The van der Waals surface area contributed by atoms with E-state index in [1.807, 2.05) is 23.1 Å². The van der Waals surface area contributed by atoms with Gasteiger partial charge in [-0.25, -0.2) is 0 Å². The number of benzene rings is 1. The first-order valence-electron chi connectivity index (χ1n) is 8.19. The summed E-state index contributed by atoms with van der Waals surface area (Å²) in [5.74, 6) is 0.661. The van der Waals surface area contributed by atoms with E-state index in [2.05, 4.69) is 4.90 Å². The van der Waals surface area contributed by atoms with E-state index in [-0.39, 0.29) is 5.92 Å². The van der Waals surface area contributed by atoms with Gasteiger partial charge < -0.3 is 10.6 Å². The maximum Gasteiger partial charge on any atom is 0.225 e. The Hall–Kier alpha value is -1.26. The number of amides is 1. The summed E-state index contributed by atoms with van der Waals surface area (Å²) in [6.07, 6.45) is 4.59. The fourth-order valence-corrected chi connectivity index (χ4v) is 3.71. The van der Waals surface area contributed by atoms with Crippen LogP contribution in [-0.4, -0.2) is 41.9 Å². The minimum atomic E-state index is 0.287. The number of rotatable bonds is 3. The molecule has 5 heteroatoms. The van der Waals surface area contributed by atoms with E-state index in [9.17, 15) is 4.79 Å². The molecule has 2 aliphatic rings. The van der Waals surface area contributed by atoms with Crippen LogP contribution in [0.15, 0.2) is 18.2 Å². The smallest absolute Gasteiger partial charge is 0.225 e. The Morgan fingerprint density at radius 3 is 2.55 bits per heavy atom. The standard InChI is InChI=1S/C17H24ClN3O/c18-16-14(6-3-7-15(16)19)12-20-8-10-21(11-9-20)17(22)13-4-1-2-5-13/h3,6-7,13H,1-2,4-5,8-12,19H2. The summed E-state index contributed by atoms with van der Waals surface area (Å²) in [4.78, 5) is 16.8. The van der Waals surface area contributed by atoms with Gasteiger partial charge in [0, 0.05) is 38.6 Å². The average Bonchev–Trinajstić information content (AvgIpc) is 3.06. The van der Waals surface area contributed by atoms with E-state index < -0.39 is 0 Å². The van der Waals surface area contributed by atoms with Crippen molar-refractivity contribution in [2.24, 2.45) is 5.92 Å². The van der Waals surface area contributed by atoms with Crippen LogP contribution in [0.2, 0.25) is 5.02 Å². The highest BCUT2D eigenvalue weighted by Crippen LogP contribution is 2.28. The highest BCUT2D eigenvalue weighted by molar-refractivity contribution is 6.33. The van der Waals surface area contributed by atoms with Crippen molar-refractivity contribution in [1.29, 1.82) is 0 Å². The zero-order chi connectivity index (χ0) is 15.5. The molecule has 0 radical (unpaired) electrons. The zero-order valence-corrected chi connectivity index (χ0v) is 13.7. The Balaban J connectivity index is 1.53. The molecular formula is C17H24ClN3O. The average molecular weight is 322 g/mol. The number of nitrogens with two attached hydrogens (primary N) is 1. The molecule has 0 spiro atoms. The summed E-state index contributed by atoms with van der Waals surface area (Å²) in [7, 11) is 0. The third-order valence-electron chi connectivity index (χ3n) is 4.89. The van der Waals surface area contributed by atoms with Crippen LogP contribution in [-0.2, 0) is 11.3 Å². The number of anilines is 1. The Kier molecular flexibility index (Phi) is 4.89. The van der Waals surface area contributed by atoms with Gasteiger partial charge in [-0.3, -0.25) is 9.69 Å². The summed E-state index contributed by atoms with van der Waals surface area (Å²) < 4.78 is 0. The molecule has 0 bridgehead atoms. The molecule has 1 saturated carbocycles. The summed E-state index contributed by atoms with van der Waals surface area (Å²) in [6, 6.07) is 5.79. The number of halogens is 1. The maximum atomic E-state index is 12.4. The monoisotopic (exact) mass is 321 g/mol. The van der Waals surface area contributed by atoms with Crippen molar-refractivity contribution in [2.75, 3.05) is 31.9 Å². The first-order valence-corrected chi connectivity index (χ1v) is 8.57.